The zero-order valence-electron chi connectivity index (χ0n) is 19.0. The van der Waals surface area contributed by atoms with Crippen molar-refractivity contribution >= 4 is 29.3 Å². The summed E-state index contributed by atoms with van der Waals surface area (Å²) in [6, 6.07) is 17.7. The highest BCUT2D eigenvalue weighted by atomic mass is 32.2. The molecule has 1 aliphatic carbocycles. The average Bonchev–Trinajstić information content (AvgIpc) is 2.85. The van der Waals surface area contributed by atoms with E-state index < -0.39 is 0 Å². The van der Waals surface area contributed by atoms with Gasteiger partial charge in [0.05, 0.1) is 11.3 Å². The fraction of sp³-hybridized carbons (Fsp3) is 0.462. The van der Waals surface area contributed by atoms with Crippen LogP contribution in [-0.2, 0) is 4.79 Å². The van der Waals surface area contributed by atoms with E-state index in [0.29, 0.717) is 23.8 Å². The molecule has 172 valence electrons. The van der Waals surface area contributed by atoms with Gasteiger partial charge in [-0.25, -0.2) is 0 Å². The molecular weight excluding hydrogens is 418 g/mol. The SMILES string of the molecule is CN(CCCNC(=O)c1ccccc1SCC(=O)NCC1CCCCC1)c1ccccc1. The summed E-state index contributed by atoms with van der Waals surface area (Å²) in [6.07, 6.45) is 7.18. The molecule has 0 aromatic heterocycles. The highest BCUT2D eigenvalue weighted by Gasteiger charge is 2.16. The van der Waals surface area contributed by atoms with Gasteiger partial charge in [0.25, 0.3) is 5.91 Å². The first kappa shape index (κ1) is 24.2. The van der Waals surface area contributed by atoms with Gasteiger partial charge in [-0.2, -0.15) is 0 Å². The van der Waals surface area contributed by atoms with Crippen molar-refractivity contribution in [3.8, 4) is 0 Å². The first-order valence-electron chi connectivity index (χ1n) is 11.7. The number of amides is 2. The van der Waals surface area contributed by atoms with Gasteiger partial charge in [-0.3, -0.25) is 9.59 Å². The molecule has 0 unspecified atom stereocenters. The first-order chi connectivity index (χ1) is 15.6. The number of nitrogens with one attached hydrogen (secondary N) is 2. The Morgan fingerprint density at radius 3 is 2.47 bits per heavy atom. The second kappa shape index (κ2) is 13.2. The van der Waals surface area contributed by atoms with Gasteiger partial charge < -0.3 is 15.5 Å². The van der Waals surface area contributed by atoms with Crippen LogP contribution < -0.4 is 15.5 Å². The summed E-state index contributed by atoms with van der Waals surface area (Å²) < 4.78 is 0. The highest BCUT2D eigenvalue weighted by Crippen LogP contribution is 2.24. The van der Waals surface area contributed by atoms with Gasteiger partial charge in [0.2, 0.25) is 5.91 Å². The third-order valence-electron chi connectivity index (χ3n) is 5.96. The summed E-state index contributed by atoms with van der Waals surface area (Å²) in [7, 11) is 2.06. The Kier molecular flexibility index (Phi) is 9.95. The van der Waals surface area contributed by atoms with Crippen molar-refractivity contribution in [3.63, 3.8) is 0 Å². The van der Waals surface area contributed by atoms with Gasteiger partial charge in [0.1, 0.15) is 0 Å². The number of carbonyl (C=O) groups is 2. The molecule has 0 saturated heterocycles. The minimum atomic E-state index is -0.0851. The molecule has 6 heteroatoms. The fourth-order valence-corrected chi connectivity index (χ4v) is 4.93. The summed E-state index contributed by atoms with van der Waals surface area (Å²) in [5.74, 6) is 0.910. The topological polar surface area (TPSA) is 61.4 Å². The summed E-state index contributed by atoms with van der Waals surface area (Å²) in [4.78, 5) is 28.0. The number of carbonyl (C=O) groups excluding carboxylic acids is 2. The summed E-state index contributed by atoms with van der Waals surface area (Å²) in [5, 5.41) is 6.09. The molecule has 2 amide bonds. The summed E-state index contributed by atoms with van der Waals surface area (Å²) >= 11 is 1.43. The van der Waals surface area contributed by atoms with Crippen molar-refractivity contribution in [1.29, 1.82) is 0 Å². The van der Waals surface area contributed by atoms with E-state index in [2.05, 4.69) is 34.7 Å². The van der Waals surface area contributed by atoms with Crippen LogP contribution in [0.25, 0.3) is 0 Å². The zero-order valence-corrected chi connectivity index (χ0v) is 19.8. The predicted molar refractivity (Wildman–Crippen MR) is 133 cm³/mol. The molecule has 0 atom stereocenters. The quantitative estimate of drug-likeness (QED) is 0.381. The summed E-state index contributed by atoms with van der Waals surface area (Å²) in [6.45, 7) is 2.25. The fourth-order valence-electron chi connectivity index (χ4n) is 4.05. The largest absolute Gasteiger partial charge is 0.375 e. The number of benzene rings is 2. The predicted octanol–water partition coefficient (Wildman–Crippen LogP) is 4.73. The van der Waals surface area contributed by atoms with E-state index in [-0.39, 0.29) is 11.8 Å². The molecule has 0 heterocycles. The molecule has 0 bridgehead atoms. The van der Waals surface area contributed by atoms with Crippen molar-refractivity contribution < 1.29 is 9.59 Å². The molecule has 5 nitrogen and oxygen atoms in total. The van der Waals surface area contributed by atoms with Gasteiger partial charge in [0.15, 0.2) is 0 Å². The normalized spacial score (nSPS) is 14.0. The molecule has 2 N–H and O–H groups in total. The van der Waals surface area contributed by atoms with E-state index in [9.17, 15) is 9.59 Å². The van der Waals surface area contributed by atoms with Gasteiger partial charge >= 0.3 is 0 Å². The molecule has 1 aliphatic rings. The van der Waals surface area contributed by atoms with Crippen LogP contribution in [-0.4, -0.2) is 44.2 Å². The lowest BCUT2D eigenvalue weighted by Crippen LogP contribution is -2.31. The lowest BCUT2D eigenvalue weighted by atomic mass is 9.89. The van der Waals surface area contributed by atoms with Crippen molar-refractivity contribution in [2.75, 3.05) is 37.3 Å². The van der Waals surface area contributed by atoms with Crippen molar-refractivity contribution in [1.82, 2.24) is 10.6 Å². The molecule has 1 saturated carbocycles. The number of anilines is 1. The van der Waals surface area contributed by atoms with Crippen LogP contribution in [0.4, 0.5) is 5.69 Å². The highest BCUT2D eigenvalue weighted by molar-refractivity contribution is 8.00. The Hall–Kier alpha value is -2.47. The van der Waals surface area contributed by atoms with Crippen LogP contribution in [0, 0.1) is 5.92 Å². The molecule has 1 fully saturated rings. The third kappa shape index (κ3) is 7.90. The maximum Gasteiger partial charge on any atom is 0.252 e. The molecule has 0 radical (unpaired) electrons. The second-order valence-corrected chi connectivity index (χ2v) is 9.48. The Morgan fingerprint density at radius 2 is 1.69 bits per heavy atom. The average molecular weight is 454 g/mol. The monoisotopic (exact) mass is 453 g/mol. The number of para-hydroxylation sites is 1. The lowest BCUT2D eigenvalue weighted by Gasteiger charge is -2.21. The van der Waals surface area contributed by atoms with E-state index in [1.54, 1.807) is 0 Å². The molecule has 0 aliphatic heterocycles. The summed E-state index contributed by atoms with van der Waals surface area (Å²) in [5.41, 5.74) is 1.80. The Labute approximate surface area is 196 Å². The Bertz CT molecular complexity index is 853. The molecule has 0 spiro atoms. The second-order valence-electron chi connectivity index (χ2n) is 8.46. The van der Waals surface area contributed by atoms with Gasteiger partial charge in [-0.15, -0.1) is 11.8 Å². The number of rotatable bonds is 11. The van der Waals surface area contributed by atoms with Crippen molar-refractivity contribution in [2.24, 2.45) is 5.92 Å². The van der Waals surface area contributed by atoms with Crippen LogP contribution in [0.1, 0.15) is 48.9 Å². The van der Waals surface area contributed by atoms with Gasteiger partial charge in [-0.1, -0.05) is 49.6 Å². The maximum atomic E-state index is 12.7. The minimum Gasteiger partial charge on any atom is -0.375 e. The van der Waals surface area contributed by atoms with Crippen LogP contribution in [0.15, 0.2) is 59.5 Å². The Balaban J connectivity index is 1.40. The number of hydrogen-bond donors (Lipinski definition) is 2. The van der Waals surface area contributed by atoms with E-state index in [4.69, 9.17) is 0 Å². The van der Waals surface area contributed by atoms with E-state index >= 15 is 0 Å². The number of thioether (sulfide) groups is 1. The molecular formula is C26H35N3O2S. The molecule has 32 heavy (non-hydrogen) atoms. The Morgan fingerprint density at radius 1 is 0.969 bits per heavy atom. The third-order valence-corrected chi connectivity index (χ3v) is 7.03. The van der Waals surface area contributed by atoms with Crippen LogP contribution >= 0.6 is 11.8 Å². The number of nitrogens with zero attached hydrogens (tertiary/aromatic N) is 1. The zero-order chi connectivity index (χ0) is 22.6. The van der Waals surface area contributed by atoms with E-state index in [0.717, 1.165) is 24.4 Å². The van der Waals surface area contributed by atoms with Crippen molar-refractivity contribution in [3.05, 3.63) is 60.2 Å². The molecule has 3 rings (SSSR count). The maximum absolute atomic E-state index is 12.7. The first-order valence-corrected chi connectivity index (χ1v) is 12.6. The van der Waals surface area contributed by atoms with Crippen LogP contribution in [0.5, 0.6) is 0 Å². The van der Waals surface area contributed by atoms with E-state index in [1.807, 2.05) is 42.5 Å². The minimum absolute atomic E-state index is 0.0414. The van der Waals surface area contributed by atoms with Crippen molar-refractivity contribution in [2.45, 2.75) is 43.4 Å². The van der Waals surface area contributed by atoms with Gasteiger partial charge in [-0.05, 0) is 49.4 Å². The van der Waals surface area contributed by atoms with Crippen LogP contribution in [0.2, 0.25) is 0 Å². The van der Waals surface area contributed by atoms with Crippen LogP contribution in [0.3, 0.4) is 0 Å². The molecule has 2 aromatic rings. The molecule has 2 aromatic carbocycles. The van der Waals surface area contributed by atoms with Gasteiger partial charge in [0, 0.05) is 37.3 Å². The lowest BCUT2D eigenvalue weighted by molar-refractivity contribution is -0.118. The van der Waals surface area contributed by atoms with E-state index in [1.165, 1.54) is 49.6 Å². The standard InChI is InChI=1S/C26H35N3O2S/c1-29(22-13-6-3-7-14-22)18-10-17-27-26(31)23-15-8-9-16-24(23)32-20-25(30)28-19-21-11-4-2-5-12-21/h3,6-9,13-16,21H,2,4-5,10-12,17-20H2,1H3,(H,27,31)(H,28,30). The smallest absolute Gasteiger partial charge is 0.252 e. The number of hydrogen-bond acceptors (Lipinski definition) is 4.